The van der Waals surface area contributed by atoms with E-state index in [2.05, 4.69) is 31.4 Å². The third kappa shape index (κ3) is 2.65. The van der Waals surface area contributed by atoms with E-state index in [4.69, 9.17) is 4.74 Å². The third-order valence-corrected chi connectivity index (χ3v) is 5.14. The molecular formula is C20H29NO2. The lowest BCUT2D eigenvalue weighted by Crippen LogP contribution is -2.08. The molecule has 1 aromatic heterocycles. The first-order valence-electron chi connectivity index (χ1n) is 9.19. The highest BCUT2D eigenvalue weighted by atomic mass is 16.5. The Morgan fingerprint density at radius 3 is 2.61 bits per heavy atom. The molecule has 3 nitrogen and oxygen atoms in total. The van der Waals surface area contributed by atoms with Crippen LogP contribution in [0.15, 0.2) is 6.07 Å². The van der Waals surface area contributed by atoms with Crippen LogP contribution in [0.2, 0.25) is 0 Å². The second-order valence-electron chi connectivity index (χ2n) is 6.37. The van der Waals surface area contributed by atoms with E-state index >= 15 is 0 Å². The summed E-state index contributed by atoms with van der Waals surface area (Å²) in [5.74, 6) is 1.02. The molecule has 0 saturated heterocycles. The van der Waals surface area contributed by atoms with Crippen LogP contribution in [0, 0.1) is 0 Å². The smallest absolute Gasteiger partial charge is 0.129 e. The lowest BCUT2D eigenvalue weighted by Gasteiger charge is -2.20. The summed E-state index contributed by atoms with van der Waals surface area (Å²) in [5.41, 5.74) is 7.04. The summed E-state index contributed by atoms with van der Waals surface area (Å²) in [6.07, 6.45) is 6.60. The van der Waals surface area contributed by atoms with Gasteiger partial charge >= 0.3 is 0 Å². The Morgan fingerprint density at radius 2 is 1.96 bits per heavy atom. The van der Waals surface area contributed by atoms with Crippen LogP contribution in [-0.4, -0.2) is 22.9 Å². The van der Waals surface area contributed by atoms with Crippen molar-refractivity contribution in [3.05, 3.63) is 28.5 Å². The number of aromatic nitrogens is 1. The van der Waals surface area contributed by atoms with Crippen LogP contribution in [0.4, 0.5) is 0 Å². The molecular weight excluding hydrogens is 286 g/mol. The van der Waals surface area contributed by atoms with Gasteiger partial charge in [0, 0.05) is 24.2 Å². The van der Waals surface area contributed by atoms with E-state index in [1.165, 1.54) is 52.5 Å². The molecule has 1 aromatic carbocycles. The van der Waals surface area contributed by atoms with Crippen molar-refractivity contribution in [2.75, 3.05) is 13.2 Å². The van der Waals surface area contributed by atoms with Crippen LogP contribution in [0.25, 0.3) is 10.9 Å². The first kappa shape index (κ1) is 16.4. The quantitative estimate of drug-likeness (QED) is 0.873. The van der Waals surface area contributed by atoms with Gasteiger partial charge in [0.15, 0.2) is 0 Å². The Bertz CT molecular complexity index is 700. The second kappa shape index (κ2) is 6.96. The fraction of sp³-hybridized carbons (Fsp3) is 0.600. The standard InChI is InChI=1S/C20H29NO2/c1-4-17-16(11-12-22)19-18(23-6-3)13-14-9-7-8-10-15(14)20(19)21(17)5-2/h13,22H,4-12H2,1-3H3. The van der Waals surface area contributed by atoms with Gasteiger partial charge in [-0.25, -0.2) is 0 Å². The SMILES string of the molecule is CCOc1cc2c(c3c1c(CCO)c(CC)n3CC)CCCC2. The van der Waals surface area contributed by atoms with Gasteiger partial charge in [0.05, 0.1) is 12.1 Å². The van der Waals surface area contributed by atoms with Gasteiger partial charge < -0.3 is 14.4 Å². The molecule has 1 heterocycles. The van der Waals surface area contributed by atoms with Gasteiger partial charge in [0.2, 0.25) is 0 Å². The summed E-state index contributed by atoms with van der Waals surface area (Å²) in [4.78, 5) is 0. The first-order valence-corrected chi connectivity index (χ1v) is 9.19. The Labute approximate surface area is 139 Å². The van der Waals surface area contributed by atoms with E-state index in [0.29, 0.717) is 13.0 Å². The van der Waals surface area contributed by atoms with Crippen molar-refractivity contribution in [1.29, 1.82) is 0 Å². The van der Waals surface area contributed by atoms with Gasteiger partial charge in [0.25, 0.3) is 0 Å². The number of hydrogen-bond acceptors (Lipinski definition) is 2. The van der Waals surface area contributed by atoms with E-state index < -0.39 is 0 Å². The van der Waals surface area contributed by atoms with E-state index in [9.17, 15) is 5.11 Å². The highest BCUT2D eigenvalue weighted by molar-refractivity contribution is 5.95. The van der Waals surface area contributed by atoms with Gasteiger partial charge in [-0.05, 0) is 75.1 Å². The van der Waals surface area contributed by atoms with Gasteiger partial charge in [-0.15, -0.1) is 0 Å². The molecule has 0 saturated carbocycles. The van der Waals surface area contributed by atoms with Crippen LogP contribution in [-0.2, 0) is 32.2 Å². The molecule has 0 bridgehead atoms. The van der Waals surface area contributed by atoms with Crippen molar-refractivity contribution < 1.29 is 9.84 Å². The zero-order valence-electron chi connectivity index (χ0n) is 14.7. The molecule has 2 aromatic rings. The largest absolute Gasteiger partial charge is 0.493 e. The van der Waals surface area contributed by atoms with Gasteiger partial charge in [0.1, 0.15) is 5.75 Å². The summed E-state index contributed by atoms with van der Waals surface area (Å²) >= 11 is 0. The molecule has 3 heteroatoms. The number of aliphatic hydroxyl groups excluding tert-OH is 1. The molecule has 0 amide bonds. The number of aliphatic hydroxyl groups is 1. The molecule has 0 fully saturated rings. The molecule has 0 aliphatic heterocycles. The van der Waals surface area contributed by atoms with Gasteiger partial charge in [-0.1, -0.05) is 6.92 Å². The van der Waals surface area contributed by atoms with Crippen LogP contribution in [0.5, 0.6) is 5.75 Å². The van der Waals surface area contributed by atoms with Crippen molar-refractivity contribution in [3.8, 4) is 5.75 Å². The minimum atomic E-state index is 0.193. The maximum atomic E-state index is 9.59. The third-order valence-electron chi connectivity index (χ3n) is 5.14. The molecule has 0 atom stereocenters. The summed E-state index contributed by atoms with van der Waals surface area (Å²) in [7, 11) is 0. The lowest BCUT2D eigenvalue weighted by molar-refractivity contribution is 0.299. The Balaban J connectivity index is 2.40. The van der Waals surface area contributed by atoms with E-state index in [0.717, 1.165) is 25.1 Å². The number of fused-ring (bicyclic) bond motifs is 3. The minimum Gasteiger partial charge on any atom is -0.493 e. The van der Waals surface area contributed by atoms with Crippen molar-refractivity contribution in [2.45, 2.75) is 65.8 Å². The topological polar surface area (TPSA) is 34.4 Å². The van der Waals surface area contributed by atoms with E-state index in [1.54, 1.807) is 0 Å². The van der Waals surface area contributed by atoms with Crippen LogP contribution in [0.1, 0.15) is 56.0 Å². The van der Waals surface area contributed by atoms with Crippen molar-refractivity contribution in [1.82, 2.24) is 4.57 Å². The fourth-order valence-corrected chi connectivity index (χ4v) is 4.29. The molecule has 3 rings (SSSR count). The first-order chi connectivity index (χ1) is 11.3. The molecule has 1 N–H and O–H groups in total. The van der Waals surface area contributed by atoms with Crippen molar-refractivity contribution in [2.24, 2.45) is 0 Å². The predicted octanol–water partition coefficient (Wildman–Crippen LogP) is 4.04. The average Bonchev–Trinajstić information content (AvgIpc) is 2.89. The Hall–Kier alpha value is -1.48. The zero-order chi connectivity index (χ0) is 16.4. The number of nitrogens with zero attached hydrogens (tertiary/aromatic N) is 1. The minimum absolute atomic E-state index is 0.193. The summed E-state index contributed by atoms with van der Waals surface area (Å²) in [6, 6.07) is 2.28. The molecule has 0 unspecified atom stereocenters. The number of benzene rings is 1. The monoisotopic (exact) mass is 315 g/mol. The van der Waals surface area contributed by atoms with Gasteiger partial charge in [-0.3, -0.25) is 0 Å². The number of ether oxygens (including phenoxy) is 1. The number of rotatable bonds is 6. The maximum Gasteiger partial charge on any atom is 0.129 e. The predicted molar refractivity (Wildman–Crippen MR) is 95.6 cm³/mol. The molecule has 0 radical (unpaired) electrons. The highest BCUT2D eigenvalue weighted by Gasteiger charge is 2.24. The number of hydrogen-bond donors (Lipinski definition) is 1. The Morgan fingerprint density at radius 1 is 1.17 bits per heavy atom. The summed E-state index contributed by atoms with van der Waals surface area (Å²) in [5, 5.41) is 10.9. The second-order valence-corrected chi connectivity index (χ2v) is 6.37. The fourth-order valence-electron chi connectivity index (χ4n) is 4.29. The van der Waals surface area contributed by atoms with Crippen LogP contribution < -0.4 is 4.74 Å². The van der Waals surface area contributed by atoms with Gasteiger partial charge in [-0.2, -0.15) is 0 Å². The zero-order valence-corrected chi connectivity index (χ0v) is 14.7. The lowest BCUT2D eigenvalue weighted by atomic mass is 9.89. The normalized spacial score (nSPS) is 14.3. The van der Waals surface area contributed by atoms with Crippen LogP contribution in [0.3, 0.4) is 0 Å². The number of aryl methyl sites for hydroxylation is 3. The maximum absolute atomic E-state index is 9.59. The molecule has 0 spiro atoms. The van der Waals surface area contributed by atoms with E-state index in [1.807, 2.05) is 0 Å². The summed E-state index contributed by atoms with van der Waals surface area (Å²) < 4.78 is 8.51. The summed E-state index contributed by atoms with van der Waals surface area (Å²) in [6.45, 7) is 8.35. The Kier molecular flexibility index (Phi) is 4.96. The molecule has 1 aliphatic carbocycles. The molecule has 126 valence electrons. The van der Waals surface area contributed by atoms with E-state index in [-0.39, 0.29) is 6.61 Å². The van der Waals surface area contributed by atoms with Crippen molar-refractivity contribution >= 4 is 10.9 Å². The average molecular weight is 315 g/mol. The molecule has 1 aliphatic rings. The molecule has 23 heavy (non-hydrogen) atoms. The van der Waals surface area contributed by atoms with Crippen LogP contribution >= 0.6 is 0 Å². The van der Waals surface area contributed by atoms with Crippen molar-refractivity contribution in [3.63, 3.8) is 0 Å². The highest BCUT2D eigenvalue weighted by Crippen LogP contribution is 2.41.